The fourth-order valence-electron chi connectivity index (χ4n) is 1.95. The summed E-state index contributed by atoms with van der Waals surface area (Å²) in [6.45, 7) is 1.84. The van der Waals surface area contributed by atoms with Gasteiger partial charge in [-0.25, -0.2) is 0 Å². The molecule has 5 heteroatoms. The van der Waals surface area contributed by atoms with Crippen LogP contribution in [-0.4, -0.2) is 6.36 Å². The standard InChI is InChI=1S/C12H14F3NO/c1-11(16,8-5-6-8)9-3-2-4-10(7-9)17-12(13,14)15/h2-4,7-8H,5-6,16H2,1H3. The van der Waals surface area contributed by atoms with E-state index in [-0.39, 0.29) is 5.75 Å². The molecule has 0 amide bonds. The number of ether oxygens (including phenoxy) is 1. The Kier molecular flexibility index (Phi) is 2.81. The van der Waals surface area contributed by atoms with Gasteiger partial charge in [-0.15, -0.1) is 13.2 Å². The van der Waals surface area contributed by atoms with Gasteiger partial charge in [0.15, 0.2) is 0 Å². The minimum Gasteiger partial charge on any atom is -0.406 e. The average molecular weight is 245 g/mol. The van der Waals surface area contributed by atoms with Gasteiger partial charge in [-0.05, 0) is 43.4 Å². The summed E-state index contributed by atoms with van der Waals surface area (Å²) < 4.78 is 40.1. The molecule has 0 bridgehead atoms. The molecule has 2 rings (SSSR count). The van der Waals surface area contributed by atoms with Gasteiger partial charge in [-0.3, -0.25) is 0 Å². The monoisotopic (exact) mass is 245 g/mol. The van der Waals surface area contributed by atoms with Crippen LogP contribution in [0.3, 0.4) is 0 Å². The molecule has 2 nitrogen and oxygen atoms in total. The van der Waals surface area contributed by atoms with Crippen LogP contribution in [0.25, 0.3) is 0 Å². The van der Waals surface area contributed by atoms with E-state index in [0.29, 0.717) is 11.5 Å². The minimum atomic E-state index is -4.66. The van der Waals surface area contributed by atoms with Gasteiger partial charge in [-0.1, -0.05) is 12.1 Å². The van der Waals surface area contributed by atoms with Crippen molar-refractivity contribution in [1.29, 1.82) is 0 Å². The smallest absolute Gasteiger partial charge is 0.406 e. The Morgan fingerprint density at radius 2 is 1.94 bits per heavy atom. The van der Waals surface area contributed by atoms with Gasteiger partial charge < -0.3 is 10.5 Å². The van der Waals surface area contributed by atoms with Crippen LogP contribution < -0.4 is 10.5 Å². The molecule has 0 spiro atoms. The maximum atomic E-state index is 12.1. The van der Waals surface area contributed by atoms with Gasteiger partial charge in [0.25, 0.3) is 0 Å². The molecule has 1 saturated carbocycles. The number of hydrogen-bond donors (Lipinski definition) is 1. The third kappa shape index (κ3) is 2.91. The predicted octanol–water partition coefficient (Wildman–Crippen LogP) is 3.17. The molecule has 94 valence electrons. The van der Waals surface area contributed by atoms with Crippen LogP contribution in [0.1, 0.15) is 25.3 Å². The van der Waals surface area contributed by atoms with Crippen molar-refractivity contribution < 1.29 is 17.9 Å². The van der Waals surface area contributed by atoms with Crippen LogP contribution >= 0.6 is 0 Å². The van der Waals surface area contributed by atoms with E-state index >= 15 is 0 Å². The molecule has 1 atom stereocenters. The van der Waals surface area contributed by atoms with Gasteiger partial charge in [0.2, 0.25) is 0 Å². The lowest BCUT2D eigenvalue weighted by molar-refractivity contribution is -0.274. The van der Waals surface area contributed by atoms with E-state index in [9.17, 15) is 13.2 Å². The Morgan fingerprint density at radius 1 is 1.29 bits per heavy atom. The van der Waals surface area contributed by atoms with Crippen LogP contribution in [-0.2, 0) is 5.54 Å². The molecule has 1 aliphatic carbocycles. The molecular formula is C12H14F3NO. The first kappa shape index (κ1) is 12.2. The van der Waals surface area contributed by atoms with E-state index in [1.54, 1.807) is 6.07 Å². The number of benzene rings is 1. The first-order valence-electron chi connectivity index (χ1n) is 5.44. The zero-order valence-electron chi connectivity index (χ0n) is 9.42. The summed E-state index contributed by atoms with van der Waals surface area (Å²) in [5.74, 6) is 0.135. The maximum Gasteiger partial charge on any atom is 0.573 e. The number of alkyl halides is 3. The SMILES string of the molecule is CC(N)(c1cccc(OC(F)(F)F)c1)C1CC1. The van der Waals surface area contributed by atoms with Gasteiger partial charge in [0.1, 0.15) is 5.75 Å². The largest absolute Gasteiger partial charge is 0.573 e. The topological polar surface area (TPSA) is 35.2 Å². The number of nitrogens with two attached hydrogens (primary N) is 1. The molecule has 0 aliphatic heterocycles. The zero-order chi connectivity index (χ0) is 12.7. The zero-order valence-corrected chi connectivity index (χ0v) is 9.42. The lowest BCUT2D eigenvalue weighted by Gasteiger charge is -2.25. The third-order valence-corrected chi connectivity index (χ3v) is 3.12. The second-order valence-electron chi connectivity index (χ2n) is 4.63. The summed E-state index contributed by atoms with van der Waals surface area (Å²) in [4.78, 5) is 0. The summed E-state index contributed by atoms with van der Waals surface area (Å²) in [7, 11) is 0. The summed E-state index contributed by atoms with van der Waals surface area (Å²) in [6, 6.07) is 5.91. The van der Waals surface area contributed by atoms with E-state index in [1.165, 1.54) is 18.2 Å². The maximum absolute atomic E-state index is 12.1. The van der Waals surface area contributed by atoms with Crippen molar-refractivity contribution in [3.05, 3.63) is 29.8 Å². The van der Waals surface area contributed by atoms with E-state index in [4.69, 9.17) is 5.73 Å². The first-order valence-corrected chi connectivity index (χ1v) is 5.44. The number of rotatable bonds is 3. The fraction of sp³-hybridized carbons (Fsp3) is 0.500. The van der Waals surface area contributed by atoms with Crippen molar-refractivity contribution in [1.82, 2.24) is 0 Å². The highest BCUT2D eigenvalue weighted by atomic mass is 19.4. The second-order valence-corrected chi connectivity index (χ2v) is 4.63. The minimum absolute atomic E-state index is 0.215. The lowest BCUT2D eigenvalue weighted by Crippen LogP contribution is -2.35. The molecule has 1 aliphatic rings. The van der Waals surface area contributed by atoms with Crippen molar-refractivity contribution in [3.63, 3.8) is 0 Å². The van der Waals surface area contributed by atoms with Gasteiger partial charge in [-0.2, -0.15) is 0 Å². The van der Waals surface area contributed by atoms with Gasteiger partial charge in [0, 0.05) is 5.54 Å². The molecule has 0 saturated heterocycles. The van der Waals surface area contributed by atoms with Crippen molar-refractivity contribution >= 4 is 0 Å². The molecular weight excluding hydrogens is 231 g/mol. The quantitative estimate of drug-likeness (QED) is 0.887. The Bertz CT molecular complexity index is 410. The van der Waals surface area contributed by atoms with Crippen LogP contribution in [0.15, 0.2) is 24.3 Å². The number of halogens is 3. The van der Waals surface area contributed by atoms with Crippen LogP contribution in [0.5, 0.6) is 5.75 Å². The summed E-state index contributed by atoms with van der Waals surface area (Å²) in [5, 5.41) is 0. The Morgan fingerprint density at radius 3 is 2.47 bits per heavy atom. The Hall–Kier alpha value is -1.23. The van der Waals surface area contributed by atoms with E-state index < -0.39 is 11.9 Å². The second kappa shape index (κ2) is 3.91. The molecule has 0 aromatic heterocycles. The van der Waals surface area contributed by atoms with Crippen molar-refractivity contribution in [2.45, 2.75) is 31.7 Å². The van der Waals surface area contributed by atoms with Crippen LogP contribution in [0.4, 0.5) is 13.2 Å². The van der Waals surface area contributed by atoms with Crippen molar-refractivity contribution in [2.75, 3.05) is 0 Å². The average Bonchev–Trinajstić information content (AvgIpc) is 2.98. The molecule has 1 aromatic rings. The fourth-order valence-corrected chi connectivity index (χ4v) is 1.95. The van der Waals surface area contributed by atoms with Gasteiger partial charge >= 0.3 is 6.36 Å². The normalized spacial score (nSPS) is 19.8. The molecule has 0 radical (unpaired) electrons. The molecule has 17 heavy (non-hydrogen) atoms. The summed E-state index contributed by atoms with van der Waals surface area (Å²) in [6.07, 6.45) is -2.61. The Balaban J connectivity index is 2.22. The van der Waals surface area contributed by atoms with E-state index in [1.807, 2.05) is 6.92 Å². The highest BCUT2D eigenvalue weighted by Crippen LogP contribution is 2.44. The molecule has 2 N–H and O–H groups in total. The molecule has 1 aromatic carbocycles. The molecule has 1 fully saturated rings. The summed E-state index contributed by atoms with van der Waals surface area (Å²) in [5.41, 5.74) is 6.24. The lowest BCUT2D eigenvalue weighted by atomic mass is 9.88. The third-order valence-electron chi connectivity index (χ3n) is 3.12. The molecule has 0 heterocycles. The molecule has 1 unspecified atom stereocenters. The van der Waals surface area contributed by atoms with Crippen LogP contribution in [0.2, 0.25) is 0 Å². The summed E-state index contributed by atoms with van der Waals surface area (Å²) >= 11 is 0. The predicted molar refractivity (Wildman–Crippen MR) is 57.4 cm³/mol. The highest BCUT2D eigenvalue weighted by Gasteiger charge is 2.40. The number of hydrogen-bond acceptors (Lipinski definition) is 2. The van der Waals surface area contributed by atoms with Gasteiger partial charge in [0.05, 0.1) is 0 Å². The van der Waals surface area contributed by atoms with Crippen molar-refractivity contribution in [3.8, 4) is 5.75 Å². The first-order chi connectivity index (χ1) is 7.79. The van der Waals surface area contributed by atoms with E-state index in [0.717, 1.165) is 12.8 Å². The Labute approximate surface area is 97.6 Å². The highest BCUT2D eigenvalue weighted by molar-refractivity contribution is 5.34. The van der Waals surface area contributed by atoms with Crippen LogP contribution in [0, 0.1) is 5.92 Å². The van der Waals surface area contributed by atoms with Crippen molar-refractivity contribution in [2.24, 2.45) is 11.7 Å². The van der Waals surface area contributed by atoms with E-state index in [2.05, 4.69) is 4.74 Å².